The number of anilines is 2. The number of nitrogens with two attached hydrogens (primary N) is 1. The molecule has 4 rings (SSSR count). The van der Waals surface area contributed by atoms with Crippen LogP contribution in [0.25, 0.3) is 11.2 Å². The number of nitrogens with zero attached hydrogens (tertiary/aromatic N) is 4. The first-order chi connectivity index (χ1) is 16.9. The molecule has 3 heterocycles. The summed E-state index contributed by atoms with van der Waals surface area (Å²) in [6.45, 7) is 1.28. The molecule has 1 aliphatic rings. The molecule has 1 aliphatic heterocycles. The average molecular weight is 490 g/mol. The molecule has 9 N–H and O–H groups in total. The summed E-state index contributed by atoms with van der Waals surface area (Å²) >= 11 is 0. The van der Waals surface area contributed by atoms with E-state index in [-0.39, 0.29) is 11.4 Å². The molecular formula is C22H31N7O6. The highest BCUT2D eigenvalue weighted by molar-refractivity contribution is 5.82. The van der Waals surface area contributed by atoms with Crippen molar-refractivity contribution in [3.8, 4) is 5.75 Å². The molecule has 0 radical (unpaired) electrons. The van der Waals surface area contributed by atoms with Gasteiger partial charge in [-0.3, -0.25) is 4.57 Å². The van der Waals surface area contributed by atoms with Crippen LogP contribution in [0, 0.1) is 0 Å². The van der Waals surface area contributed by atoms with Crippen LogP contribution >= 0.6 is 0 Å². The normalized spacial score (nSPS) is 23.1. The number of aliphatic hydroxyl groups is 4. The number of phenols is 1. The minimum atomic E-state index is -1.23. The van der Waals surface area contributed by atoms with Crippen LogP contribution in [0.15, 0.2) is 30.9 Å². The minimum Gasteiger partial charge on any atom is -0.506 e. The molecule has 0 amide bonds. The predicted molar refractivity (Wildman–Crippen MR) is 126 cm³/mol. The fourth-order valence-corrected chi connectivity index (χ4v) is 4.00. The molecule has 0 bridgehead atoms. The van der Waals surface area contributed by atoms with Crippen molar-refractivity contribution in [1.29, 1.82) is 0 Å². The molecule has 35 heavy (non-hydrogen) atoms. The van der Waals surface area contributed by atoms with E-state index in [4.69, 9.17) is 10.5 Å². The Bertz CT molecular complexity index is 1130. The topological polar surface area (TPSA) is 204 Å². The molecule has 0 spiro atoms. The fourth-order valence-electron chi connectivity index (χ4n) is 4.00. The van der Waals surface area contributed by atoms with E-state index in [9.17, 15) is 25.5 Å². The van der Waals surface area contributed by atoms with Gasteiger partial charge in [0.1, 0.15) is 30.4 Å². The number of ether oxygens (including phenoxy) is 1. The fraction of sp³-hybridized carbons (Fsp3) is 0.500. The van der Waals surface area contributed by atoms with Gasteiger partial charge < -0.3 is 46.6 Å². The number of hydrogen-bond donors (Lipinski definition) is 8. The third-order valence-corrected chi connectivity index (χ3v) is 6.00. The molecule has 2 aromatic heterocycles. The Morgan fingerprint density at radius 1 is 1.11 bits per heavy atom. The van der Waals surface area contributed by atoms with Crippen molar-refractivity contribution in [2.45, 2.75) is 43.5 Å². The lowest BCUT2D eigenvalue weighted by atomic mass is 10.1. The number of benzene rings is 1. The number of aliphatic hydroxyl groups excluding tert-OH is 4. The third-order valence-electron chi connectivity index (χ3n) is 6.00. The Morgan fingerprint density at radius 2 is 1.91 bits per heavy atom. The largest absolute Gasteiger partial charge is 0.506 e. The Kier molecular flexibility index (Phi) is 7.95. The van der Waals surface area contributed by atoms with E-state index in [1.165, 1.54) is 23.3 Å². The number of unbranched alkanes of at least 4 members (excludes halogenated alkanes) is 1. The van der Waals surface area contributed by atoms with Crippen molar-refractivity contribution in [3.63, 3.8) is 0 Å². The zero-order valence-electron chi connectivity index (χ0n) is 19.0. The van der Waals surface area contributed by atoms with Gasteiger partial charge in [-0.15, -0.1) is 0 Å². The van der Waals surface area contributed by atoms with E-state index in [1.54, 1.807) is 12.1 Å². The molecule has 1 saturated heterocycles. The summed E-state index contributed by atoms with van der Waals surface area (Å²) in [5, 5.41) is 55.8. The lowest BCUT2D eigenvalue weighted by molar-refractivity contribution is -0.0511. The van der Waals surface area contributed by atoms with Gasteiger partial charge in [0.15, 0.2) is 23.2 Å². The number of phenolic OH excluding ortho intramolecular Hbond substituents is 1. The predicted octanol–water partition coefficient (Wildman–Crippen LogP) is -0.759. The highest BCUT2D eigenvalue weighted by atomic mass is 16.6. The van der Waals surface area contributed by atoms with Gasteiger partial charge in [0.2, 0.25) is 0 Å². The lowest BCUT2D eigenvalue weighted by Crippen LogP contribution is -2.33. The summed E-state index contributed by atoms with van der Waals surface area (Å²) in [6, 6.07) is 4.66. The second-order valence-electron chi connectivity index (χ2n) is 8.45. The maximum atomic E-state index is 10.3. The van der Waals surface area contributed by atoms with Crippen LogP contribution in [-0.2, 0) is 4.74 Å². The number of nitrogens with one attached hydrogen (secondary N) is 2. The van der Waals surface area contributed by atoms with Crippen molar-refractivity contribution in [3.05, 3.63) is 36.4 Å². The van der Waals surface area contributed by atoms with Crippen LogP contribution in [0.2, 0.25) is 0 Å². The number of aromatic hydroxyl groups is 1. The number of aromatic nitrogens is 4. The third kappa shape index (κ3) is 5.45. The van der Waals surface area contributed by atoms with Gasteiger partial charge in [0.25, 0.3) is 0 Å². The zero-order valence-corrected chi connectivity index (χ0v) is 19.0. The molecule has 3 aromatic rings. The molecular weight excluding hydrogens is 458 g/mol. The maximum absolute atomic E-state index is 10.3. The second kappa shape index (κ2) is 11.1. The van der Waals surface area contributed by atoms with Crippen LogP contribution in [0.1, 0.15) is 30.7 Å². The first kappa shape index (κ1) is 25.0. The van der Waals surface area contributed by atoms with Crippen LogP contribution < -0.4 is 16.4 Å². The Morgan fingerprint density at radius 3 is 2.66 bits per heavy atom. The molecule has 13 heteroatoms. The lowest BCUT2D eigenvalue weighted by Gasteiger charge is -2.16. The minimum absolute atomic E-state index is 0.00673. The first-order valence-corrected chi connectivity index (χ1v) is 11.4. The van der Waals surface area contributed by atoms with E-state index in [1.807, 2.05) is 0 Å². The van der Waals surface area contributed by atoms with E-state index in [0.29, 0.717) is 42.2 Å². The average Bonchev–Trinajstić information content (AvgIpc) is 3.41. The molecule has 13 nitrogen and oxygen atoms in total. The van der Waals surface area contributed by atoms with Gasteiger partial charge in [0.05, 0.1) is 24.7 Å². The van der Waals surface area contributed by atoms with Crippen molar-refractivity contribution < 1.29 is 30.3 Å². The Hall–Kier alpha value is -3.07. The number of nitrogen functional groups attached to an aromatic ring is 1. The summed E-state index contributed by atoms with van der Waals surface area (Å²) in [7, 11) is 0. The van der Waals surface area contributed by atoms with Crippen molar-refractivity contribution in [2.75, 3.05) is 37.3 Å². The van der Waals surface area contributed by atoms with Crippen LogP contribution in [-0.4, -0.2) is 89.6 Å². The van der Waals surface area contributed by atoms with Gasteiger partial charge in [-0.1, -0.05) is 6.07 Å². The summed E-state index contributed by atoms with van der Waals surface area (Å²) in [4.78, 5) is 12.8. The molecule has 5 atom stereocenters. The van der Waals surface area contributed by atoms with Gasteiger partial charge in [-0.05, 0) is 37.1 Å². The number of rotatable bonds is 11. The molecule has 0 aliphatic carbocycles. The highest BCUT2D eigenvalue weighted by Gasteiger charge is 2.44. The van der Waals surface area contributed by atoms with Crippen molar-refractivity contribution in [2.24, 2.45) is 0 Å². The zero-order chi connectivity index (χ0) is 24.9. The summed E-state index contributed by atoms with van der Waals surface area (Å²) in [5.41, 5.74) is 7.47. The SMILES string of the molecule is Nc1cc(C(O)CNCCCCNc2ncnc3c2ncn3[C@@H]2O[C@H](CO)[C@@H](O)[C@H]2O)ccc1O. The molecule has 1 unspecified atom stereocenters. The van der Waals surface area contributed by atoms with Crippen LogP contribution in [0.4, 0.5) is 11.5 Å². The number of imidazole rings is 1. The van der Waals surface area contributed by atoms with E-state index >= 15 is 0 Å². The summed E-state index contributed by atoms with van der Waals surface area (Å²) in [5.74, 6) is 0.529. The van der Waals surface area contributed by atoms with Crippen molar-refractivity contribution in [1.82, 2.24) is 24.8 Å². The molecule has 190 valence electrons. The van der Waals surface area contributed by atoms with Crippen molar-refractivity contribution >= 4 is 22.7 Å². The van der Waals surface area contributed by atoms with Crippen LogP contribution in [0.5, 0.6) is 5.75 Å². The van der Waals surface area contributed by atoms with Gasteiger partial charge in [-0.2, -0.15) is 0 Å². The second-order valence-corrected chi connectivity index (χ2v) is 8.45. The first-order valence-electron chi connectivity index (χ1n) is 11.4. The van der Waals surface area contributed by atoms with E-state index in [0.717, 1.165) is 12.8 Å². The highest BCUT2D eigenvalue weighted by Crippen LogP contribution is 2.32. The Balaban J connectivity index is 1.24. The van der Waals surface area contributed by atoms with Crippen LogP contribution in [0.3, 0.4) is 0 Å². The monoisotopic (exact) mass is 489 g/mol. The summed E-state index contributed by atoms with van der Waals surface area (Å²) in [6.07, 6.45) is -0.458. The van der Waals surface area contributed by atoms with E-state index < -0.39 is 37.3 Å². The van der Waals surface area contributed by atoms with E-state index in [2.05, 4.69) is 25.6 Å². The smallest absolute Gasteiger partial charge is 0.167 e. The quantitative estimate of drug-likeness (QED) is 0.0951. The van der Waals surface area contributed by atoms with Gasteiger partial charge >= 0.3 is 0 Å². The van der Waals surface area contributed by atoms with Gasteiger partial charge in [0, 0.05) is 13.1 Å². The Labute approximate surface area is 201 Å². The molecule has 1 aromatic carbocycles. The van der Waals surface area contributed by atoms with Gasteiger partial charge in [-0.25, -0.2) is 15.0 Å². The number of fused-ring (bicyclic) bond motifs is 1. The standard InChI is InChI=1S/C22H31N7O6/c23-13-7-12(3-4-14(13)31)15(32)8-24-5-1-2-6-25-20-17-21(27-10-26-20)29(11-28-17)22-19(34)18(33)16(9-30)35-22/h3-4,7,10-11,15-16,18-19,22,24,30-34H,1-2,5-6,8-9,23H2,(H,25,26,27)/t15?,16-,18-,19-,22-/m1/s1. The molecule has 1 fully saturated rings. The number of hydrogen-bond acceptors (Lipinski definition) is 12. The maximum Gasteiger partial charge on any atom is 0.167 e. The molecule has 0 saturated carbocycles. The summed E-state index contributed by atoms with van der Waals surface area (Å²) < 4.78 is 7.09.